The highest BCUT2D eigenvalue weighted by Gasteiger charge is 2.17. The fourth-order valence-corrected chi connectivity index (χ4v) is 2.00. The van der Waals surface area contributed by atoms with Crippen molar-refractivity contribution in [2.75, 3.05) is 19.7 Å². The molecule has 0 aliphatic heterocycles. The number of nitrogens with zero attached hydrogens (tertiary/aromatic N) is 3. The molecule has 0 saturated carbocycles. The summed E-state index contributed by atoms with van der Waals surface area (Å²) in [6, 6.07) is 9.20. The number of carbonyl (C=O) groups excluding carboxylic acids is 2. The quantitative estimate of drug-likeness (QED) is 0.719. The molecule has 1 rings (SSSR count). The number of amides is 1. The summed E-state index contributed by atoms with van der Waals surface area (Å²) in [5.74, 6) is -0.964. The van der Waals surface area contributed by atoms with Crippen LogP contribution in [0.3, 0.4) is 0 Å². The number of benzene rings is 1. The van der Waals surface area contributed by atoms with E-state index in [1.165, 1.54) is 4.90 Å². The second kappa shape index (κ2) is 9.22. The third kappa shape index (κ3) is 5.44. The van der Waals surface area contributed by atoms with Gasteiger partial charge in [0.2, 0.25) is 0 Å². The van der Waals surface area contributed by atoms with Gasteiger partial charge in [0.25, 0.3) is 5.91 Å². The maximum atomic E-state index is 12.1. The van der Waals surface area contributed by atoms with Crippen LogP contribution in [0.1, 0.15) is 34.3 Å². The molecule has 6 nitrogen and oxygen atoms in total. The monoisotopic (exact) mass is 313 g/mol. The van der Waals surface area contributed by atoms with E-state index in [-0.39, 0.29) is 25.9 Å². The fraction of sp³-hybridized carbons (Fsp3) is 0.412. The Morgan fingerprint density at radius 2 is 1.74 bits per heavy atom. The van der Waals surface area contributed by atoms with Gasteiger partial charge in [-0.1, -0.05) is 12.1 Å². The van der Waals surface area contributed by atoms with Gasteiger partial charge in [-0.05, 0) is 31.0 Å². The first-order chi connectivity index (χ1) is 11.0. The van der Waals surface area contributed by atoms with Gasteiger partial charge in [0, 0.05) is 13.1 Å². The van der Waals surface area contributed by atoms with Gasteiger partial charge < -0.3 is 9.64 Å². The van der Waals surface area contributed by atoms with E-state index in [0.717, 1.165) is 11.1 Å². The molecule has 0 aliphatic carbocycles. The average Bonchev–Trinajstić information content (AvgIpc) is 2.55. The van der Waals surface area contributed by atoms with Crippen molar-refractivity contribution >= 4 is 11.9 Å². The summed E-state index contributed by atoms with van der Waals surface area (Å²) < 4.78 is 5.07. The Bertz CT molecular complexity index is 638. The number of aryl methyl sites for hydroxylation is 1. The lowest BCUT2D eigenvalue weighted by Gasteiger charge is -2.20. The van der Waals surface area contributed by atoms with Gasteiger partial charge >= 0.3 is 5.97 Å². The highest BCUT2D eigenvalue weighted by atomic mass is 16.5. The summed E-state index contributed by atoms with van der Waals surface area (Å²) in [6.07, 6.45) is 0.338. The van der Waals surface area contributed by atoms with E-state index in [0.29, 0.717) is 5.56 Å². The SMILES string of the molecule is Cc1cccc(C(=O)OCC(=O)N(CCC#N)CCC#N)c1C. The van der Waals surface area contributed by atoms with Crippen molar-refractivity contribution < 1.29 is 14.3 Å². The zero-order valence-corrected chi connectivity index (χ0v) is 13.3. The molecule has 6 heteroatoms. The molecule has 0 fully saturated rings. The summed E-state index contributed by atoms with van der Waals surface area (Å²) in [6.45, 7) is 3.75. The van der Waals surface area contributed by atoms with Crippen LogP contribution >= 0.6 is 0 Å². The van der Waals surface area contributed by atoms with Crippen LogP contribution in [0.2, 0.25) is 0 Å². The van der Waals surface area contributed by atoms with Gasteiger partial charge in [-0.15, -0.1) is 0 Å². The molecule has 1 aromatic rings. The maximum Gasteiger partial charge on any atom is 0.338 e. The number of ether oxygens (including phenoxy) is 1. The van der Waals surface area contributed by atoms with E-state index < -0.39 is 18.5 Å². The highest BCUT2D eigenvalue weighted by molar-refractivity contribution is 5.93. The summed E-state index contributed by atoms with van der Waals surface area (Å²) in [5, 5.41) is 17.2. The molecule has 1 amide bonds. The maximum absolute atomic E-state index is 12.1. The van der Waals surface area contributed by atoms with Crippen LogP contribution in [-0.2, 0) is 9.53 Å². The minimum absolute atomic E-state index is 0.169. The van der Waals surface area contributed by atoms with Crippen molar-refractivity contribution in [2.24, 2.45) is 0 Å². The second-order valence-corrected chi connectivity index (χ2v) is 5.02. The molecule has 0 bridgehead atoms. The molecule has 0 aliphatic rings. The number of rotatable bonds is 7. The minimum Gasteiger partial charge on any atom is -0.452 e. The Hall–Kier alpha value is -2.86. The van der Waals surface area contributed by atoms with Gasteiger partial charge in [-0.3, -0.25) is 4.79 Å². The largest absolute Gasteiger partial charge is 0.452 e. The molecule has 1 aromatic carbocycles. The lowest BCUT2D eigenvalue weighted by atomic mass is 10.0. The summed E-state index contributed by atoms with van der Waals surface area (Å²) in [4.78, 5) is 25.5. The molecule has 120 valence electrons. The Balaban J connectivity index is 2.65. The summed E-state index contributed by atoms with van der Waals surface area (Å²) in [5.41, 5.74) is 2.21. The lowest BCUT2D eigenvalue weighted by Crippen LogP contribution is -2.36. The van der Waals surface area contributed by atoms with Crippen molar-refractivity contribution in [1.82, 2.24) is 4.90 Å². The van der Waals surface area contributed by atoms with E-state index in [4.69, 9.17) is 15.3 Å². The van der Waals surface area contributed by atoms with Crippen LogP contribution in [-0.4, -0.2) is 36.5 Å². The van der Waals surface area contributed by atoms with Gasteiger partial charge in [0.15, 0.2) is 6.61 Å². The Morgan fingerprint density at radius 1 is 1.13 bits per heavy atom. The molecule has 0 unspecified atom stereocenters. The first kappa shape index (κ1) is 18.2. The van der Waals surface area contributed by atoms with Crippen LogP contribution in [0.25, 0.3) is 0 Å². The summed E-state index contributed by atoms with van der Waals surface area (Å²) in [7, 11) is 0. The number of esters is 1. The number of nitriles is 2. The van der Waals surface area contributed by atoms with Gasteiger partial charge in [-0.25, -0.2) is 4.79 Å². The standard InChI is InChI=1S/C17H19N3O3/c1-13-6-3-7-15(14(13)2)17(22)23-12-16(21)20(10-4-8-18)11-5-9-19/h3,6-7H,4-5,10-12H2,1-2H3. The van der Waals surface area contributed by atoms with Crippen molar-refractivity contribution in [3.8, 4) is 12.1 Å². The van der Waals surface area contributed by atoms with Crippen LogP contribution in [0.15, 0.2) is 18.2 Å². The minimum atomic E-state index is -0.555. The van der Waals surface area contributed by atoms with Crippen LogP contribution in [0, 0.1) is 36.5 Å². The van der Waals surface area contributed by atoms with Gasteiger partial charge in [-0.2, -0.15) is 10.5 Å². The first-order valence-electron chi connectivity index (χ1n) is 7.26. The van der Waals surface area contributed by atoms with Crippen LogP contribution in [0.5, 0.6) is 0 Å². The van der Waals surface area contributed by atoms with Gasteiger partial charge in [0.1, 0.15) is 0 Å². The number of hydrogen-bond donors (Lipinski definition) is 0. The van der Waals surface area contributed by atoms with Crippen molar-refractivity contribution in [2.45, 2.75) is 26.7 Å². The van der Waals surface area contributed by atoms with Crippen molar-refractivity contribution in [1.29, 1.82) is 10.5 Å². The predicted octanol–water partition coefficient (Wildman–Crippen LogP) is 2.12. The molecule has 0 aromatic heterocycles. The molecule has 0 N–H and O–H groups in total. The molecule has 0 atom stereocenters. The zero-order chi connectivity index (χ0) is 17.2. The zero-order valence-electron chi connectivity index (χ0n) is 13.3. The number of hydrogen-bond acceptors (Lipinski definition) is 5. The van der Waals surface area contributed by atoms with E-state index in [1.54, 1.807) is 12.1 Å². The second-order valence-electron chi connectivity index (χ2n) is 5.02. The van der Waals surface area contributed by atoms with E-state index >= 15 is 0 Å². The lowest BCUT2D eigenvalue weighted by molar-refractivity contribution is -0.134. The van der Waals surface area contributed by atoms with Crippen LogP contribution < -0.4 is 0 Å². The van der Waals surface area contributed by atoms with E-state index in [2.05, 4.69) is 0 Å². The third-order valence-corrected chi connectivity index (χ3v) is 3.49. The third-order valence-electron chi connectivity index (χ3n) is 3.49. The molecule has 0 heterocycles. The van der Waals surface area contributed by atoms with Crippen molar-refractivity contribution in [3.05, 3.63) is 34.9 Å². The average molecular weight is 313 g/mol. The molecule has 23 heavy (non-hydrogen) atoms. The molecular weight excluding hydrogens is 294 g/mol. The normalized spacial score (nSPS) is 9.57. The Labute approximate surface area is 135 Å². The highest BCUT2D eigenvalue weighted by Crippen LogP contribution is 2.13. The van der Waals surface area contributed by atoms with E-state index in [1.807, 2.05) is 32.1 Å². The first-order valence-corrected chi connectivity index (χ1v) is 7.26. The Kier molecular flexibility index (Phi) is 7.29. The smallest absolute Gasteiger partial charge is 0.338 e. The topological polar surface area (TPSA) is 94.2 Å². The molecular formula is C17H19N3O3. The molecule has 0 spiro atoms. The number of carbonyl (C=O) groups is 2. The fourth-order valence-electron chi connectivity index (χ4n) is 2.00. The summed E-state index contributed by atoms with van der Waals surface area (Å²) >= 11 is 0. The van der Waals surface area contributed by atoms with Gasteiger partial charge in [0.05, 0.1) is 30.5 Å². The predicted molar refractivity (Wildman–Crippen MR) is 83.2 cm³/mol. The molecule has 0 radical (unpaired) electrons. The van der Waals surface area contributed by atoms with Crippen molar-refractivity contribution in [3.63, 3.8) is 0 Å². The Morgan fingerprint density at radius 3 is 2.30 bits per heavy atom. The van der Waals surface area contributed by atoms with E-state index in [9.17, 15) is 9.59 Å². The van der Waals surface area contributed by atoms with Crippen LogP contribution in [0.4, 0.5) is 0 Å². The molecule has 0 saturated heterocycles.